The van der Waals surface area contributed by atoms with E-state index in [2.05, 4.69) is 22.7 Å². The average Bonchev–Trinajstić information content (AvgIpc) is 3.00. The maximum absolute atomic E-state index is 12.8. The van der Waals surface area contributed by atoms with Gasteiger partial charge in [-0.1, -0.05) is 13.3 Å². The molecule has 1 amide bonds. The molecule has 0 bridgehead atoms. The van der Waals surface area contributed by atoms with E-state index >= 15 is 0 Å². The summed E-state index contributed by atoms with van der Waals surface area (Å²) in [5.41, 5.74) is 0.989. The van der Waals surface area contributed by atoms with Crippen molar-refractivity contribution < 1.29 is 9.21 Å². The maximum atomic E-state index is 12.8. The lowest BCUT2D eigenvalue weighted by atomic mass is 9.95. The van der Waals surface area contributed by atoms with Crippen LogP contribution in [0, 0.1) is 13.8 Å². The van der Waals surface area contributed by atoms with Crippen LogP contribution in [0.15, 0.2) is 21.5 Å². The van der Waals surface area contributed by atoms with Gasteiger partial charge in [0.15, 0.2) is 0 Å². The molecule has 3 rings (SSSR count). The Hall–Kier alpha value is -2.41. The van der Waals surface area contributed by atoms with Crippen LogP contribution in [0.1, 0.15) is 65.8 Å². The van der Waals surface area contributed by atoms with E-state index in [1.807, 2.05) is 13.0 Å². The van der Waals surface area contributed by atoms with Gasteiger partial charge in [-0.05, 0) is 51.3 Å². The molecule has 27 heavy (non-hydrogen) atoms. The van der Waals surface area contributed by atoms with E-state index in [0.29, 0.717) is 17.1 Å². The number of amides is 1. The fraction of sp³-hybridized carbons (Fsp3) is 0.550. The summed E-state index contributed by atoms with van der Waals surface area (Å²) < 4.78 is 7.29. The first kappa shape index (κ1) is 19.4. The minimum Gasteiger partial charge on any atom is -0.427 e. The number of aryl methyl sites for hydroxylation is 3. The predicted octanol–water partition coefficient (Wildman–Crippen LogP) is 2.97. The molecule has 2 aromatic heterocycles. The molecule has 1 saturated heterocycles. The summed E-state index contributed by atoms with van der Waals surface area (Å²) in [6, 6.07) is 1.83. The Bertz CT molecular complexity index is 863. The zero-order valence-corrected chi connectivity index (χ0v) is 16.3. The van der Waals surface area contributed by atoms with Crippen LogP contribution in [-0.2, 0) is 6.54 Å². The number of hydrogen-bond donors (Lipinski definition) is 2. The van der Waals surface area contributed by atoms with Crippen LogP contribution in [0.4, 0.5) is 5.82 Å². The van der Waals surface area contributed by atoms with Crippen LogP contribution < -0.4 is 16.3 Å². The van der Waals surface area contributed by atoms with Crippen LogP contribution in [0.3, 0.4) is 0 Å². The Labute approximate surface area is 159 Å². The Morgan fingerprint density at radius 3 is 2.89 bits per heavy atom. The highest BCUT2D eigenvalue weighted by Crippen LogP contribution is 2.24. The number of unbranched alkanes of at least 4 members (excludes halogenated alkanes) is 1. The lowest BCUT2D eigenvalue weighted by Gasteiger charge is -2.22. The molecule has 0 radical (unpaired) electrons. The highest BCUT2D eigenvalue weighted by atomic mass is 16.4. The van der Waals surface area contributed by atoms with E-state index in [-0.39, 0.29) is 11.5 Å². The van der Waals surface area contributed by atoms with E-state index in [0.717, 1.165) is 50.9 Å². The van der Waals surface area contributed by atoms with Crippen LogP contribution in [0.2, 0.25) is 0 Å². The topological polar surface area (TPSA) is 89.2 Å². The smallest absolute Gasteiger partial charge is 0.349 e. The zero-order valence-electron chi connectivity index (χ0n) is 16.3. The second kappa shape index (κ2) is 8.52. The van der Waals surface area contributed by atoms with Crippen molar-refractivity contribution >= 4 is 11.7 Å². The predicted molar refractivity (Wildman–Crippen MR) is 104 cm³/mol. The molecule has 0 saturated carbocycles. The third kappa shape index (κ3) is 4.30. The first-order valence-electron chi connectivity index (χ1n) is 9.70. The molecule has 1 unspecified atom stereocenters. The molecule has 2 aromatic rings. The summed E-state index contributed by atoms with van der Waals surface area (Å²) in [6.45, 7) is 8.29. The molecule has 1 atom stereocenters. The van der Waals surface area contributed by atoms with Gasteiger partial charge < -0.3 is 15.1 Å². The maximum Gasteiger partial charge on any atom is 0.349 e. The fourth-order valence-electron chi connectivity index (χ4n) is 3.49. The Morgan fingerprint density at radius 1 is 1.41 bits per heavy atom. The molecule has 1 aliphatic rings. The number of nitrogens with zero attached hydrogens (tertiary/aromatic N) is 2. The molecular formula is C20H28N4O3. The number of carbonyl (C=O) groups excluding carboxylic acids is 1. The van der Waals surface area contributed by atoms with Gasteiger partial charge in [0.2, 0.25) is 0 Å². The molecule has 7 heteroatoms. The quantitative estimate of drug-likeness (QED) is 0.814. The van der Waals surface area contributed by atoms with E-state index in [1.54, 1.807) is 17.8 Å². The Kier molecular flexibility index (Phi) is 6.11. The largest absolute Gasteiger partial charge is 0.427 e. The summed E-state index contributed by atoms with van der Waals surface area (Å²) in [5.74, 6) is 1.02. The summed E-state index contributed by atoms with van der Waals surface area (Å²) >= 11 is 0. The molecule has 3 heterocycles. The minimum atomic E-state index is -0.578. The Morgan fingerprint density at radius 2 is 2.22 bits per heavy atom. The minimum absolute atomic E-state index is 0.0603. The third-order valence-electron chi connectivity index (χ3n) is 5.07. The summed E-state index contributed by atoms with van der Waals surface area (Å²) in [7, 11) is 0. The molecule has 0 aliphatic carbocycles. The number of nitrogens with one attached hydrogen (secondary N) is 2. The first-order valence-corrected chi connectivity index (χ1v) is 9.70. The molecular weight excluding hydrogens is 344 g/mol. The average molecular weight is 372 g/mol. The van der Waals surface area contributed by atoms with E-state index in [9.17, 15) is 9.59 Å². The second-order valence-corrected chi connectivity index (χ2v) is 7.24. The highest BCUT2D eigenvalue weighted by Gasteiger charge is 2.23. The van der Waals surface area contributed by atoms with Gasteiger partial charge in [-0.15, -0.1) is 0 Å². The first-order chi connectivity index (χ1) is 13.0. The SMILES string of the molecule is CCCCn1ncc(C)c1NC(=O)c1c(C)cc(C2CCCNC2)oc1=O. The standard InChI is InChI=1S/C20H28N4O3/c1-4-5-9-24-18(14(3)11-22-24)23-19(25)17-13(2)10-16(27-20(17)26)15-7-6-8-21-12-15/h10-11,15,21H,4-9,12H2,1-3H3,(H,23,25). The molecule has 0 aromatic carbocycles. The van der Waals surface area contributed by atoms with E-state index in [4.69, 9.17) is 4.42 Å². The number of anilines is 1. The monoisotopic (exact) mass is 372 g/mol. The molecule has 0 spiro atoms. The summed E-state index contributed by atoms with van der Waals surface area (Å²) in [6.07, 6.45) is 5.76. The number of aromatic nitrogens is 2. The van der Waals surface area contributed by atoms with Gasteiger partial charge in [0, 0.05) is 24.6 Å². The number of hydrogen-bond acceptors (Lipinski definition) is 5. The van der Waals surface area contributed by atoms with Gasteiger partial charge in [0.25, 0.3) is 5.91 Å². The van der Waals surface area contributed by atoms with Gasteiger partial charge in [0.1, 0.15) is 17.1 Å². The van der Waals surface area contributed by atoms with Crippen molar-refractivity contribution in [2.24, 2.45) is 0 Å². The van der Waals surface area contributed by atoms with Crippen molar-refractivity contribution in [1.29, 1.82) is 0 Å². The molecule has 7 nitrogen and oxygen atoms in total. The van der Waals surface area contributed by atoms with Crippen LogP contribution in [-0.4, -0.2) is 28.8 Å². The highest BCUT2D eigenvalue weighted by molar-refractivity contribution is 6.04. The lowest BCUT2D eigenvalue weighted by Crippen LogP contribution is -2.30. The third-order valence-corrected chi connectivity index (χ3v) is 5.07. The Balaban J connectivity index is 1.83. The van der Waals surface area contributed by atoms with Gasteiger partial charge in [-0.2, -0.15) is 5.10 Å². The van der Waals surface area contributed by atoms with Crippen LogP contribution in [0.5, 0.6) is 0 Å². The molecule has 2 N–H and O–H groups in total. The molecule has 1 aliphatic heterocycles. The van der Waals surface area contributed by atoms with Crippen LogP contribution >= 0.6 is 0 Å². The van der Waals surface area contributed by atoms with Crippen molar-refractivity contribution in [2.45, 2.75) is 58.9 Å². The molecule has 1 fully saturated rings. The van der Waals surface area contributed by atoms with Gasteiger partial charge in [-0.25, -0.2) is 9.48 Å². The number of piperidine rings is 1. The molecule has 146 valence electrons. The summed E-state index contributed by atoms with van der Waals surface area (Å²) in [5, 5.41) is 10.5. The van der Waals surface area contributed by atoms with E-state index < -0.39 is 11.5 Å². The van der Waals surface area contributed by atoms with E-state index in [1.165, 1.54) is 0 Å². The van der Waals surface area contributed by atoms with Gasteiger partial charge >= 0.3 is 5.63 Å². The van der Waals surface area contributed by atoms with Crippen LogP contribution in [0.25, 0.3) is 0 Å². The van der Waals surface area contributed by atoms with Crippen molar-refractivity contribution in [3.05, 3.63) is 45.1 Å². The zero-order chi connectivity index (χ0) is 19.4. The van der Waals surface area contributed by atoms with Gasteiger partial charge in [0.05, 0.1) is 6.20 Å². The lowest BCUT2D eigenvalue weighted by molar-refractivity contribution is 0.102. The van der Waals surface area contributed by atoms with Crippen molar-refractivity contribution in [3.63, 3.8) is 0 Å². The second-order valence-electron chi connectivity index (χ2n) is 7.24. The van der Waals surface area contributed by atoms with Crippen molar-refractivity contribution in [3.8, 4) is 0 Å². The van der Waals surface area contributed by atoms with Crippen molar-refractivity contribution in [1.82, 2.24) is 15.1 Å². The fourth-order valence-corrected chi connectivity index (χ4v) is 3.49. The van der Waals surface area contributed by atoms with Crippen molar-refractivity contribution in [2.75, 3.05) is 18.4 Å². The summed E-state index contributed by atoms with van der Waals surface area (Å²) in [4.78, 5) is 25.3. The number of rotatable bonds is 6. The van der Waals surface area contributed by atoms with Gasteiger partial charge in [-0.3, -0.25) is 4.79 Å². The number of carbonyl (C=O) groups is 1. The normalized spacial score (nSPS) is 17.1.